The fourth-order valence-corrected chi connectivity index (χ4v) is 2.40. The van der Waals surface area contributed by atoms with Crippen molar-refractivity contribution in [3.63, 3.8) is 0 Å². The Hall–Kier alpha value is -2.89. The highest BCUT2D eigenvalue weighted by atomic mass is 16.5. The highest BCUT2D eigenvalue weighted by Crippen LogP contribution is 2.26. The molecular formula is C20H27N3O3. The van der Waals surface area contributed by atoms with Crippen molar-refractivity contribution in [2.24, 2.45) is 4.99 Å². The second-order valence-electron chi connectivity index (χ2n) is 5.74. The molecule has 0 aliphatic rings. The molecule has 0 aromatic heterocycles. The van der Waals surface area contributed by atoms with Gasteiger partial charge in [0, 0.05) is 13.6 Å². The van der Waals surface area contributed by atoms with Gasteiger partial charge in [-0.1, -0.05) is 24.3 Å². The standard InChI is InChI=1S/C20H27N3O3/c1-15(26-19-11-6-5-10-18(19)25-4)13-22-20(21-2)23-14-16-8-7-9-17(12-16)24-3/h5-12,15H,13-14H2,1-4H3,(H2,21,22,23). The molecule has 26 heavy (non-hydrogen) atoms. The molecule has 6 nitrogen and oxygen atoms in total. The van der Waals surface area contributed by atoms with E-state index in [0.29, 0.717) is 19.0 Å². The average molecular weight is 357 g/mol. The van der Waals surface area contributed by atoms with E-state index in [-0.39, 0.29) is 6.10 Å². The summed E-state index contributed by atoms with van der Waals surface area (Å²) in [6.45, 7) is 3.25. The average Bonchev–Trinajstić information content (AvgIpc) is 2.68. The maximum atomic E-state index is 5.94. The summed E-state index contributed by atoms with van der Waals surface area (Å²) in [6, 6.07) is 15.5. The Bertz CT molecular complexity index is 719. The monoisotopic (exact) mass is 357 g/mol. The Morgan fingerprint density at radius 3 is 2.46 bits per heavy atom. The molecule has 140 valence electrons. The summed E-state index contributed by atoms with van der Waals surface area (Å²) in [6.07, 6.45) is -0.0540. The highest BCUT2D eigenvalue weighted by Gasteiger charge is 2.09. The van der Waals surface area contributed by atoms with Crippen LogP contribution in [0.3, 0.4) is 0 Å². The van der Waals surface area contributed by atoms with Crippen molar-refractivity contribution in [3.05, 3.63) is 54.1 Å². The van der Waals surface area contributed by atoms with Gasteiger partial charge in [-0.15, -0.1) is 0 Å². The first kappa shape index (κ1) is 19.4. The van der Waals surface area contributed by atoms with Gasteiger partial charge in [-0.25, -0.2) is 0 Å². The number of hydrogen-bond donors (Lipinski definition) is 2. The first-order valence-electron chi connectivity index (χ1n) is 8.53. The molecule has 2 aromatic rings. The van der Waals surface area contributed by atoms with Gasteiger partial charge >= 0.3 is 0 Å². The first-order valence-corrected chi connectivity index (χ1v) is 8.53. The fraction of sp³-hybridized carbons (Fsp3) is 0.350. The van der Waals surface area contributed by atoms with Crippen LogP contribution in [0.2, 0.25) is 0 Å². The van der Waals surface area contributed by atoms with Crippen LogP contribution in [0, 0.1) is 0 Å². The SMILES string of the molecule is CN=C(NCc1cccc(OC)c1)NCC(C)Oc1ccccc1OC. The van der Waals surface area contributed by atoms with Gasteiger partial charge in [0.1, 0.15) is 11.9 Å². The third kappa shape index (κ3) is 5.88. The van der Waals surface area contributed by atoms with Crippen LogP contribution in [-0.4, -0.2) is 39.9 Å². The van der Waals surface area contributed by atoms with Crippen LogP contribution in [0.25, 0.3) is 0 Å². The molecule has 0 fully saturated rings. The lowest BCUT2D eigenvalue weighted by molar-refractivity contribution is 0.213. The summed E-state index contributed by atoms with van der Waals surface area (Å²) in [5, 5.41) is 6.55. The number of methoxy groups -OCH3 is 2. The van der Waals surface area contributed by atoms with Crippen LogP contribution >= 0.6 is 0 Å². The van der Waals surface area contributed by atoms with Gasteiger partial charge in [0.05, 0.1) is 20.8 Å². The highest BCUT2D eigenvalue weighted by molar-refractivity contribution is 5.79. The number of ether oxygens (including phenoxy) is 3. The summed E-state index contributed by atoms with van der Waals surface area (Å²) in [5.74, 6) is 3.00. The van der Waals surface area contributed by atoms with E-state index in [1.54, 1.807) is 21.3 Å². The molecule has 1 unspecified atom stereocenters. The molecule has 0 heterocycles. The quantitative estimate of drug-likeness (QED) is 0.562. The third-order valence-corrected chi connectivity index (χ3v) is 3.77. The molecule has 0 spiro atoms. The molecule has 0 amide bonds. The van der Waals surface area contributed by atoms with Crippen molar-refractivity contribution in [3.8, 4) is 17.2 Å². The number of aliphatic imine (C=N–C) groups is 1. The van der Waals surface area contributed by atoms with Crippen LogP contribution in [-0.2, 0) is 6.54 Å². The Labute approximate surface area is 155 Å². The lowest BCUT2D eigenvalue weighted by Gasteiger charge is -2.19. The molecular weight excluding hydrogens is 330 g/mol. The normalized spacial score (nSPS) is 12.2. The molecule has 1 atom stereocenters. The molecule has 2 N–H and O–H groups in total. The number of nitrogens with one attached hydrogen (secondary N) is 2. The van der Waals surface area contributed by atoms with Crippen molar-refractivity contribution in [2.45, 2.75) is 19.6 Å². The van der Waals surface area contributed by atoms with E-state index >= 15 is 0 Å². The van der Waals surface area contributed by atoms with Gasteiger partial charge in [0.25, 0.3) is 0 Å². The maximum Gasteiger partial charge on any atom is 0.191 e. The van der Waals surface area contributed by atoms with E-state index in [4.69, 9.17) is 14.2 Å². The Morgan fingerprint density at radius 1 is 1.00 bits per heavy atom. The van der Waals surface area contributed by atoms with Crippen LogP contribution in [0.15, 0.2) is 53.5 Å². The van der Waals surface area contributed by atoms with E-state index in [0.717, 1.165) is 22.8 Å². The first-order chi connectivity index (χ1) is 12.7. The second kappa shape index (κ2) is 10.2. The van der Waals surface area contributed by atoms with Gasteiger partial charge in [0.15, 0.2) is 17.5 Å². The third-order valence-electron chi connectivity index (χ3n) is 3.77. The number of benzene rings is 2. The van der Waals surface area contributed by atoms with Crippen LogP contribution in [0.5, 0.6) is 17.2 Å². The van der Waals surface area contributed by atoms with Crippen molar-refractivity contribution in [2.75, 3.05) is 27.8 Å². The van der Waals surface area contributed by atoms with Crippen molar-refractivity contribution < 1.29 is 14.2 Å². The largest absolute Gasteiger partial charge is 0.497 e. The van der Waals surface area contributed by atoms with E-state index in [1.165, 1.54) is 0 Å². The molecule has 0 radical (unpaired) electrons. The van der Waals surface area contributed by atoms with Gasteiger partial charge in [-0.2, -0.15) is 0 Å². The maximum absolute atomic E-state index is 5.94. The molecule has 0 aliphatic heterocycles. The van der Waals surface area contributed by atoms with E-state index in [1.807, 2.05) is 55.5 Å². The molecule has 0 saturated heterocycles. The summed E-state index contributed by atoms with van der Waals surface area (Å²) in [4.78, 5) is 4.24. The Balaban J connectivity index is 1.82. The molecule has 0 aliphatic carbocycles. The van der Waals surface area contributed by atoms with Gasteiger partial charge < -0.3 is 24.8 Å². The minimum absolute atomic E-state index is 0.0540. The lowest BCUT2D eigenvalue weighted by atomic mass is 10.2. The van der Waals surface area contributed by atoms with Crippen LogP contribution in [0.4, 0.5) is 0 Å². The number of para-hydroxylation sites is 2. The summed E-state index contributed by atoms with van der Waals surface area (Å²) in [5.41, 5.74) is 1.12. The van der Waals surface area contributed by atoms with E-state index < -0.39 is 0 Å². The summed E-state index contributed by atoms with van der Waals surface area (Å²) >= 11 is 0. The van der Waals surface area contributed by atoms with E-state index in [9.17, 15) is 0 Å². The molecule has 0 saturated carbocycles. The van der Waals surface area contributed by atoms with Gasteiger partial charge in [0.2, 0.25) is 0 Å². The number of nitrogens with zero attached hydrogens (tertiary/aromatic N) is 1. The Morgan fingerprint density at radius 2 is 1.77 bits per heavy atom. The topological polar surface area (TPSA) is 64.1 Å². The summed E-state index contributed by atoms with van der Waals surface area (Å²) in [7, 11) is 5.04. The zero-order valence-corrected chi connectivity index (χ0v) is 15.8. The van der Waals surface area contributed by atoms with Crippen molar-refractivity contribution in [1.29, 1.82) is 0 Å². The molecule has 0 bridgehead atoms. The van der Waals surface area contributed by atoms with Gasteiger partial charge in [-0.3, -0.25) is 4.99 Å². The molecule has 2 rings (SSSR count). The lowest BCUT2D eigenvalue weighted by Crippen LogP contribution is -2.41. The zero-order chi connectivity index (χ0) is 18.8. The zero-order valence-electron chi connectivity index (χ0n) is 15.8. The second-order valence-corrected chi connectivity index (χ2v) is 5.74. The minimum Gasteiger partial charge on any atom is -0.497 e. The number of guanidine groups is 1. The predicted octanol–water partition coefficient (Wildman–Crippen LogP) is 2.84. The van der Waals surface area contributed by atoms with Crippen LogP contribution < -0.4 is 24.8 Å². The van der Waals surface area contributed by atoms with Crippen molar-refractivity contribution in [1.82, 2.24) is 10.6 Å². The Kier molecular flexibility index (Phi) is 7.61. The van der Waals surface area contributed by atoms with Crippen molar-refractivity contribution >= 4 is 5.96 Å². The molecule has 2 aromatic carbocycles. The minimum atomic E-state index is -0.0540. The smallest absolute Gasteiger partial charge is 0.191 e. The fourth-order valence-electron chi connectivity index (χ4n) is 2.40. The van der Waals surface area contributed by atoms with E-state index in [2.05, 4.69) is 15.6 Å². The number of rotatable bonds is 8. The summed E-state index contributed by atoms with van der Waals surface area (Å²) < 4.78 is 16.5. The number of hydrogen-bond acceptors (Lipinski definition) is 4. The van der Waals surface area contributed by atoms with Crippen LogP contribution in [0.1, 0.15) is 12.5 Å². The van der Waals surface area contributed by atoms with Gasteiger partial charge in [-0.05, 0) is 36.8 Å². The predicted molar refractivity (Wildman–Crippen MR) is 104 cm³/mol. The molecule has 6 heteroatoms.